The van der Waals surface area contributed by atoms with Gasteiger partial charge >= 0.3 is 18.0 Å². The van der Waals surface area contributed by atoms with E-state index in [2.05, 4.69) is 24.1 Å². The van der Waals surface area contributed by atoms with Crippen molar-refractivity contribution in [3.63, 3.8) is 0 Å². The number of carboxylic acid groups (broad SMARTS) is 2. The number of pyridine rings is 1. The second-order valence-electron chi connectivity index (χ2n) is 29.7. The van der Waals surface area contributed by atoms with Gasteiger partial charge in [-0.05, 0) is 134 Å². The molecule has 3 aliphatic heterocycles. The zero-order valence-corrected chi connectivity index (χ0v) is 57.7. The first-order chi connectivity index (χ1) is 47.0. The lowest BCUT2D eigenvalue weighted by atomic mass is 9.39. The minimum atomic E-state index is -1.97. The summed E-state index contributed by atoms with van der Waals surface area (Å²) in [6, 6.07) is 22.1. The molecule has 4 aliphatic carbocycles. The van der Waals surface area contributed by atoms with Crippen LogP contribution < -0.4 is 15.0 Å². The van der Waals surface area contributed by atoms with E-state index in [4.69, 9.17) is 29.0 Å². The summed E-state index contributed by atoms with van der Waals surface area (Å²) >= 11 is 1.41. The van der Waals surface area contributed by atoms with E-state index in [0.717, 1.165) is 89.2 Å². The number of aliphatic hydroxyl groups excluding tert-OH is 3. The van der Waals surface area contributed by atoms with Gasteiger partial charge in [-0.2, -0.15) is 5.10 Å². The number of aromatic nitrogens is 4. The number of para-hydroxylation sites is 1. The van der Waals surface area contributed by atoms with Crippen molar-refractivity contribution in [3.05, 3.63) is 130 Å². The van der Waals surface area contributed by atoms with Crippen LogP contribution in [0.1, 0.15) is 114 Å². The highest BCUT2D eigenvalue weighted by molar-refractivity contribution is 7.22. The van der Waals surface area contributed by atoms with Crippen LogP contribution in [0, 0.1) is 23.2 Å². The minimum absolute atomic E-state index is 0.0230. The van der Waals surface area contributed by atoms with Crippen LogP contribution in [0.2, 0.25) is 0 Å². The monoisotopic (exact) mass is 1380 g/mol. The van der Waals surface area contributed by atoms with E-state index >= 15 is 0 Å². The molecule has 6 aromatic rings. The fourth-order valence-corrected chi connectivity index (χ4v) is 17.7. The van der Waals surface area contributed by atoms with Gasteiger partial charge in [-0.3, -0.25) is 34.1 Å². The van der Waals surface area contributed by atoms with E-state index < -0.39 is 78.6 Å². The van der Waals surface area contributed by atoms with Crippen LogP contribution in [0.4, 0.5) is 15.7 Å². The first-order valence-corrected chi connectivity index (χ1v) is 34.4. The Kier molecular flexibility index (Phi) is 19.7. The molecular weight excluding hydrogens is 1290 g/mol. The normalized spacial score (nSPS) is 25.5. The largest absolute Gasteiger partial charge is 0.479 e. The first-order valence-electron chi connectivity index (χ1n) is 33.6. The predicted octanol–water partition coefficient (Wildman–Crippen LogP) is 6.83. The average molecular weight is 1380 g/mol. The number of carboxylic acids is 2. The Morgan fingerprint density at radius 2 is 1.57 bits per heavy atom. The van der Waals surface area contributed by atoms with Crippen molar-refractivity contribution >= 4 is 74.2 Å². The number of quaternary nitrogens is 1. The average Bonchev–Trinajstić information content (AvgIpc) is 1.50. The molecule has 26 nitrogen and oxygen atoms in total. The molecule has 5 amide bonds. The summed E-state index contributed by atoms with van der Waals surface area (Å²) < 4.78 is 28.1. The lowest BCUT2D eigenvalue weighted by Crippen LogP contribution is -2.64. The molecule has 7 aliphatic rings. The van der Waals surface area contributed by atoms with E-state index in [0.29, 0.717) is 95.1 Å². The van der Waals surface area contributed by atoms with E-state index in [9.17, 15) is 59.1 Å². The molecule has 6 N–H and O–H groups in total. The van der Waals surface area contributed by atoms with Gasteiger partial charge in [0.25, 0.3) is 17.7 Å². The molecular formula is C72H87N10O16S+. The number of imide groups is 1. The van der Waals surface area contributed by atoms with E-state index in [1.807, 2.05) is 80.1 Å². The third-order valence-corrected chi connectivity index (χ3v) is 21.3. The predicted molar refractivity (Wildman–Crippen MR) is 363 cm³/mol. The minimum Gasteiger partial charge on any atom is -0.479 e. The molecule has 3 aromatic carbocycles. The number of likely N-dealkylation sites (N-methyl/N-ethyl adjacent to an activating group) is 1. The molecule has 0 radical (unpaired) electrons. The van der Waals surface area contributed by atoms with Gasteiger partial charge in [0.2, 0.25) is 12.2 Å². The lowest BCUT2D eigenvalue weighted by Gasteiger charge is -2.69. The highest BCUT2D eigenvalue weighted by Crippen LogP contribution is 2.72. The summed E-state index contributed by atoms with van der Waals surface area (Å²) in [5, 5.41) is 61.1. The smallest absolute Gasteiger partial charge is 0.409 e. The van der Waals surface area contributed by atoms with Crippen LogP contribution in [0.15, 0.2) is 91.1 Å². The van der Waals surface area contributed by atoms with Crippen molar-refractivity contribution in [2.75, 3.05) is 84.3 Å². The maximum atomic E-state index is 13.9. The number of anilines is 2. The number of fused-ring (bicyclic) bond motifs is 2. The second-order valence-corrected chi connectivity index (χ2v) is 30.7. The molecule has 0 spiro atoms. The zero-order valence-electron chi connectivity index (χ0n) is 56.8. The number of hydrogen-bond donors (Lipinski definition) is 6. The lowest BCUT2D eigenvalue weighted by molar-refractivity contribution is -0.870. The maximum Gasteiger partial charge on any atom is 0.409 e. The second kappa shape index (κ2) is 27.8. The Hall–Kier alpha value is -8.70. The van der Waals surface area contributed by atoms with E-state index in [1.54, 1.807) is 48.5 Å². The van der Waals surface area contributed by atoms with Crippen LogP contribution in [0.25, 0.3) is 21.3 Å². The van der Waals surface area contributed by atoms with Crippen molar-refractivity contribution < 1.29 is 82.5 Å². The summed E-state index contributed by atoms with van der Waals surface area (Å²) in [4.78, 5) is 107. The summed E-state index contributed by atoms with van der Waals surface area (Å²) in [5.41, 5.74) is 5.18. The number of nitrogens with zero attached hydrogens (tertiary/aromatic N) is 9. The van der Waals surface area contributed by atoms with Crippen molar-refractivity contribution in [1.82, 2.24) is 34.4 Å². The Bertz CT molecular complexity index is 4100. The number of carbonyl (C=O) groups is 7. The van der Waals surface area contributed by atoms with Gasteiger partial charge in [-0.25, -0.2) is 24.4 Å². The number of ether oxygens (including phenoxy) is 4. The van der Waals surface area contributed by atoms with Gasteiger partial charge in [0.15, 0.2) is 16.9 Å². The molecule has 13 rings (SSSR count). The van der Waals surface area contributed by atoms with Gasteiger partial charge in [0.05, 0.1) is 56.3 Å². The van der Waals surface area contributed by atoms with Crippen LogP contribution in [0.5, 0.6) is 5.75 Å². The van der Waals surface area contributed by atoms with Gasteiger partial charge in [0, 0.05) is 92.8 Å². The van der Waals surface area contributed by atoms with E-state index in [1.165, 1.54) is 16.2 Å². The molecule has 4 bridgehead atoms. The number of amides is 5. The Morgan fingerprint density at radius 3 is 2.28 bits per heavy atom. The SMILES string of the molecule is Cc1c(-c2ccc(N3CCc4cccc(C(=O)Nc5nc6ccccc6s5)c4C3)nc2C(=O)O)cnn1CC12CC3(C)CC(C)(C1)CC(OCCN(C)C(=O)OCc1ccc(CCCN(CCC[N+](C)(C)C)C(=O)CN4C(=O)C=CC4=O)cc1O[C@@H]1O[C@H](C(=O)O)[C@@H](O)[C@H](O)[C@H]1O)(C3)C2. The number of thiazole rings is 1. The third-order valence-electron chi connectivity index (χ3n) is 20.4. The summed E-state index contributed by atoms with van der Waals surface area (Å²) in [6.45, 7) is 9.16. The number of nitrogens with one attached hydrogen (secondary N) is 1. The quantitative estimate of drug-likeness (QED) is 0.0239. The summed E-state index contributed by atoms with van der Waals surface area (Å²) in [7, 11) is 7.70. The Balaban J connectivity index is 0.692. The number of aromatic carboxylic acids is 1. The van der Waals surface area contributed by atoms with Crippen LogP contribution in [0.3, 0.4) is 0 Å². The summed E-state index contributed by atoms with van der Waals surface area (Å²) in [5.74, 6) is -4.05. The number of aryl methyl sites for hydroxylation is 1. The standard InChI is InChI=1S/C72H86N10O16S/c1-43-49(47-20-21-54(75-58(47)64(90)91)79-27-24-45-14-10-15-48(50(45)33-79)63(89)76-67-74-51-16-8-9-17-53(51)99-67)32-73-81(43)42-71-37-69(2)36-70(3,38-71)40-72(39-69,41-71)96-30-28-77(4)68(94)95-35-46-19-18-44(31-52(46)97-66-61(88)59(86)60(87)62(98-66)65(92)93)13-11-25-78(26-12-29-82(5,6)7)57(85)34-80-55(83)22-23-56(80)84/h8-10,14-23,31-32,59-62,66,86-88H,11-13,24-30,33-42H2,1-7H3,(H2-,74,76,89,90,91,92,93)/p+1/t59-,60-,61+,62-,66+,69?,70?,71?,72?/m0/s1. The van der Waals surface area contributed by atoms with Crippen molar-refractivity contribution in [2.45, 2.75) is 141 Å². The fraction of sp³-hybridized carbons (Fsp3) is 0.500. The number of carbonyl (C=O) groups excluding carboxylic acids is 5. The third kappa shape index (κ3) is 15.2. The van der Waals surface area contributed by atoms with Crippen molar-refractivity contribution in [1.29, 1.82) is 0 Å². The molecule has 1 saturated heterocycles. The van der Waals surface area contributed by atoms with E-state index in [-0.39, 0.29) is 59.9 Å². The van der Waals surface area contributed by atoms with Gasteiger partial charge < -0.3 is 63.7 Å². The Labute approximate surface area is 577 Å². The molecule has 6 heterocycles. The Morgan fingerprint density at radius 1 is 0.828 bits per heavy atom. The molecule has 2 unspecified atom stereocenters. The molecule has 5 fully saturated rings. The zero-order chi connectivity index (χ0) is 70.5. The topological polar surface area (TPSA) is 326 Å². The molecule has 7 atom stereocenters. The highest BCUT2D eigenvalue weighted by atomic mass is 32.1. The highest BCUT2D eigenvalue weighted by Gasteiger charge is 2.66. The van der Waals surface area contributed by atoms with Gasteiger partial charge in [-0.1, -0.05) is 61.6 Å². The fourth-order valence-electron chi connectivity index (χ4n) is 16.8. The molecule has 3 aromatic heterocycles. The molecule has 526 valence electrons. The number of rotatable bonds is 26. The van der Waals surface area contributed by atoms with Crippen molar-refractivity contribution in [3.8, 4) is 16.9 Å². The van der Waals surface area contributed by atoms with Gasteiger partial charge in [0.1, 0.15) is 43.0 Å². The number of benzene rings is 3. The number of hydrogen-bond acceptors (Lipinski definition) is 19. The molecule has 99 heavy (non-hydrogen) atoms. The first kappa shape index (κ1) is 70.2. The summed E-state index contributed by atoms with van der Waals surface area (Å²) in [6.07, 6.45) is 1.19. The van der Waals surface area contributed by atoms with Crippen LogP contribution in [-0.2, 0) is 65.9 Å². The van der Waals surface area contributed by atoms with Gasteiger partial charge in [-0.15, -0.1) is 0 Å². The molecule has 4 saturated carbocycles. The molecule has 27 heteroatoms. The number of aliphatic hydroxyl groups is 3. The van der Waals surface area contributed by atoms with Crippen LogP contribution in [-0.4, -0.2) is 216 Å². The number of aliphatic carboxylic acids is 1. The van der Waals surface area contributed by atoms with Crippen LogP contribution >= 0.6 is 11.3 Å². The maximum absolute atomic E-state index is 13.9. The van der Waals surface area contributed by atoms with Crippen molar-refractivity contribution in [2.24, 2.45) is 16.2 Å².